The van der Waals surface area contributed by atoms with Crippen LogP contribution >= 0.6 is 23.1 Å². The summed E-state index contributed by atoms with van der Waals surface area (Å²) in [5, 5.41) is 11.6. The van der Waals surface area contributed by atoms with Gasteiger partial charge in [0.2, 0.25) is 11.8 Å². The molecule has 190 valence electrons. The van der Waals surface area contributed by atoms with Crippen LogP contribution in [0.3, 0.4) is 0 Å². The number of aromatic amines is 1. The van der Waals surface area contributed by atoms with E-state index in [1.54, 1.807) is 30.3 Å². The van der Waals surface area contributed by atoms with Gasteiger partial charge >= 0.3 is 10.8 Å². The van der Waals surface area contributed by atoms with Gasteiger partial charge < -0.3 is 20.1 Å². The van der Waals surface area contributed by atoms with Gasteiger partial charge in [-0.3, -0.25) is 28.9 Å². The molecule has 3 heterocycles. The van der Waals surface area contributed by atoms with E-state index < -0.39 is 41.4 Å². The number of carboxylic acid groups (broad SMARTS) is 1. The molecule has 0 bridgehead atoms. The van der Waals surface area contributed by atoms with Crippen LogP contribution in [-0.2, 0) is 19.2 Å². The molecule has 3 amide bonds. The number of carbonyl (C=O) groups excluding carboxylic acids is 3. The van der Waals surface area contributed by atoms with E-state index >= 15 is 0 Å². The first kappa shape index (κ1) is 24.8. The number of rotatable bonds is 7. The van der Waals surface area contributed by atoms with Gasteiger partial charge in [0.1, 0.15) is 17.5 Å². The molecule has 12 heteroatoms. The van der Waals surface area contributed by atoms with Crippen LogP contribution in [0.5, 0.6) is 5.75 Å². The average molecular weight is 540 g/mol. The number of thioether (sulfide) groups is 1. The van der Waals surface area contributed by atoms with Crippen molar-refractivity contribution in [1.29, 1.82) is 0 Å². The third kappa shape index (κ3) is 4.89. The molecular formula is C25H21N3O7S2. The Bertz CT molecular complexity index is 1480. The number of thiazole rings is 1. The number of hydrogen-bond donors (Lipinski definition) is 3. The van der Waals surface area contributed by atoms with Gasteiger partial charge in [0.15, 0.2) is 6.61 Å². The topological polar surface area (TPSA) is 146 Å². The van der Waals surface area contributed by atoms with E-state index in [0.29, 0.717) is 26.9 Å². The number of carboxylic acids is 1. The maximum atomic E-state index is 13.2. The van der Waals surface area contributed by atoms with Crippen LogP contribution < -0.4 is 14.9 Å². The number of aryl methyl sites for hydroxylation is 1. The summed E-state index contributed by atoms with van der Waals surface area (Å²) >= 11 is 2.03. The van der Waals surface area contributed by atoms with Crippen LogP contribution in [0.25, 0.3) is 0 Å². The predicted molar refractivity (Wildman–Crippen MR) is 136 cm³/mol. The van der Waals surface area contributed by atoms with Crippen LogP contribution in [-0.4, -0.2) is 57.1 Å². The normalized spacial score (nSPS) is 20.4. The van der Waals surface area contributed by atoms with E-state index in [4.69, 9.17) is 4.74 Å². The van der Waals surface area contributed by atoms with Gasteiger partial charge in [-0.05, 0) is 42.3 Å². The monoisotopic (exact) mass is 539 g/mol. The molecule has 5 rings (SSSR count). The first-order valence-electron chi connectivity index (χ1n) is 11.3. The lowest BCUT2D eigenvalue weighted by Gasteiger charge is -2.30. The van der Waals surface area contributed by atoms with Crippen molar-refractivity contribution in [2.75, 3.05) is 18.5 Å². The molecule has 0 unspecified atom stereocenters. The number of ether oxygens (including phenoxy) is 1. The number of H-pyrrole nitrogens is 1. The minimum absolute atomic E-state index is 0.253. The van der Waals surface area contributed by atoms with Gasteiger partial charge in [0.05, 0.1) is 10.9 Å². The average Bonchev–Trinajstić information content (AvgIpc) is 3.33. The number of likely N-dealkylation sites (tertiary alicyclic amines) is 1. The lowest BCUT2D eigenvalue weighted by molar-refractivity contribution is -0.149. The van der Waals surface area contributed by atoms with E-state index in [9.17, 15) is 29.1 Å². The zero-order chi connectivity index (χ0) is 26.3. The third-order valence-electron chi connectivity index (χ3n) is 6.10. The number of aliphatic carboxylic acids is 1. The summed E-state index contributed by atoms with van der Waals surface area (Å²) in [6.45, 7) is 0.944. The fraction of sp³-hybridized carbons (Fsp3) is 0.240. The maximum absolute atomic E-state index is 13.2. The third-order valence-corrected chi connectivity index (χ3v) is 8.50. The second-order valence-corrected chi connectivity index (χ2v) is 10.9. The second-order valence-electron chi connectivity index (χ2n) is 8.68. The lowest BCUT2D eigenvalue weighted by Crippen LogP contribution is -2.36. The Labute approximate surface area is 218 Å². The number of fused-ring (bicyclic) bond motifs is 2. The molecule has 0 spiro atoms. The standard InChI is InChI=1S/C25H21N3O7S2/c1-12-4-2-6-14(8-12)26-16(29)11-35-15-7-3-5-13(9-15)18-19-21(36-22-20(18)37-25(34)27-22)24(33)28(23(19)32)10-17(30)31/h2-9,18-19,21H,10-11H2,1H3,(H,26,29)(H,27,34)(H,30,31)/t18-,19+,21-/m0/s1. The molecule has 2 aromatic carbocycles. The Morgan fingerprint density at radius 3 is 2.65 bits per heavy atom. The summed E-state index contributed by atoms with van der Waals surface area (Å²) in [6, 6.07) is 14.2. The fourth-order valence-corrected chi connectivity index (χ4v) is 7.13. The minimum atomic E-state index is -1.29. The SMILES string of the molecule is Cc1cccc(NC(=O)COc2cccc([C@@H]3c4sc(=O)[nH]c4S[C@@H]4C(=O)N(CC(=O)O)C(=O)[C@H]34)c2)c1. The summed E-state index contributed by atoms with van der Waals surface area (Å²) in [4.78, 5) is 65.8. The predicted octanol–water partition coefficient (Wildman–Crippen LogP) is 2.44. The van der Waals surface area contributed by atoms with Crippen LogP contribution in [0.2, 0.25) is 0 Å². The molecule has 2 aliphatic heterocycles. The van der Waals surface area contributed by atoms with Gasteiger partial charge in [-0.2, -0.15) is 0 Å². The summed E-state index contributed by atoms with van der Waals surface area (Å²) in [7, 11) is 0. The Morgan fingerprint density at radius 1 is 1.11 bits per heavy atom. The Morgan fingerprint density at radius 2 is 1.89 bits per heavy atom. The van der Waals surface area contributed by atoms with Crippen LogP contribution in [0, 0.1) is 12.8 Å². The summed E-state index contributed by atoms with van der Waals surface area (Å²) in [6.07, 6.45) is 0. The molecule has 0 aliphatic carbocycles. The second kappa shape index (κ2) is 9.87. The number of nitrogens with one attached hydrogen (secondary N) is 2. The van der Waals surface area contributed by atoms with Crippen LogP contribution in [0.1, 0.15) is 21.9 Å². The zero-order valence-electron chi connectivity index (χ0n) is 19.4. The smallest absolute Gasteiger partial charge is 0.323 e. The van der Waals surface area contributed by atoms with Gasteiger partial charge in [-0.25, -0.2) is 0 Å². The first-order valence-corrected chi connectivity index (χ1v) is 13.0. The van der Waals surface area contributed by atoms with E-state index in [-0.39, 0.29) is 17.4 Å². The highest BCUT2D eigenvalue weighted by Gasteiger charge is 2.56. The highest BCUT2D eigenvalue weighted by molar-refractivity contribution is 8.00. The first-order chi connectivity index (χ1) is 17.7. The molecule has 3 N–H and O–H groups in total. The number of amides is 3. The van der Waals surface area contributed by atoms with Crippen molar-refractivity contribution in [1.82, 2.24) is 9.88 Å². The molecule has 10 nitrogen and oxygen atoms in total. The van der Waals surface area contributed by atoms with Crippen molar-refractivity contribution in [3.63, 3.8) is 0 Å². The van der Waals surface area contributed by atoms with Crippen LogP contribution in [0.4, 0.5) is 5.69 Å². The molecular weight excluding hydrogens is 518 g/mol. The molecule has 3 aromatic rings. The van der Waals surface area contributed by atoms with Crippen molar-refractivity contribution >= 4 is 52.5 Å². The van der Waals surface area contributed by atoms with Gasteiger partial charge in [0, 0.05) is 16.5 Å². The summed E-state index contributed by atoms with van der Waals surface area (Å²) < 4.78 is 5.70. The van der Waals surface area contributed by atoms with E-state index in [1.165, 1.54) is 0 Å². The molecule has 3 atom stereocenters. The summed E-state index contributed by atoms with van der Waals surface area (Å²) in [5.41, 5.74) is 2.27. The zero-order valence-corrected chi connectivity index (χ0v) is 21.1. The minimum Gasteiger partial charge on any atom is -0.484 e. The van der Waals surface area contributed by atoms with Gasteiger partial charge in [0.25, 0.3) is 5.91 Å². The number of imide groups is 1. The van der Waals surface area contributed by atoms with Crippen molar-refractivity contribution in [3.05, 3.63) is 74.2 Å². The molecule has 1 aromatic heterocycles. The highest BCUT2D eigenvalue weighted by Crippen LogP contribution is 2.52. The molecule has 2 aliphatic rings. The van der Waals surface area contributed by atoms with E-state index in [1.807, 2.05) is 25.1 Å². The highest BCUT2D eigenvalue weighted by atomic mass is 32.2. The molecule has 37 heavy (non-hydrogen) atoms. The Balaban J connectivity index is 1.41. The molecule has 0 radical (unpaired) electrons. The molecule has 1 fully saturated rings. The van der Waals surface area contributed by atoms with Crippen molar-refractivity contribution in [2.24, 2.45) is 5.92 Å². The fourth-order valence-electron chi connectivity index (χ4n) is 4.59. The summed E-state index contributed by atoms with van der Waals surface area (Å²) in [5.74, 6) is -3.99. The number of benzene rings is 2. The largest absolute Gasteiger partial charge is 0.484 e. The lowest BCUT2D eigenvalue weighted by atomic mass is 9.83. The Kier molecular flexibility index (Phi) is 6.61. The Hall–Kier alpha value is -3.90. The maximum Gasteiger partial charge on any atom is 0.323 e. The quantitative estimate of drug-likeness (QED) is 0.388. The number of anilines is 1. The van der Waals surface area contributed by atoms with Crippen molar-refractivity contribution < 1.29 is 29.0 Å². The number of carbonyl (C=O) groups is 4. The van der Waals surface area contributed by atoms with Gasteiger partial charge in [-0.1, -0.05) is 47.4 Å². The number of nitrogens with zero attached hydrogens (tertiary/aromatic N) is 1. The van der Waals surface area contributed by atoms with E-state index in [0.717, 1.165) is 33.6 Å². The number of aromatic nitrogens is 1. The van der Waals surface area contributed by atoms with Crippen LogP contribution in [0.15, 0.2) is 58.4 Å². The van der Waals surface area contributed by atoms with Crippen molar-refractivity contribution in [3.8, 4) is 5.75 Å². The van der Waals surface area contributed by atoms with Crippen molar-refractivity contribution in [2.45, 2.75) is 23.1 Å². The van der Waals surface area contributed by atoms with E-state index in [2.05, 4.69) is 10.3 Å². The van der Waals surface area contributed by atoms with Gasteiger partial charge in [-0.15, -0.1) is 0 Å². The molecule has 0 saturated carbocycles. The molecule has 1 saturated heterocycles. The number of hydrogen-bond acceptors (Lipinski definition) is 8.